The minimum absolute atomic E-state index is 0.0720. The molecule has 0 unspecified atom stereocenters. The molecule has 0 radical (unpaired) electrons. The molecule has 132 valence electrons. The number of benzene rings is 1. The number of anilines is 1. The number of furan rings is 1. The van der Waals surface area contributed by atoms with Crippen LogP contribution in [0.25, 0.3) is 11.5 Å². The topological polar surface area (TPSA) is 111 Å². The summed E-state index contributed by atoms with van der Waals surface area (Å²) in [5.41, 5.74) is 0.856. The largest absolute Gasteiger partial charge is 0.461 e. The second kappa shape index (κ2) is 5.83. The van der Waals surface area contributed by atoms with Gasteiger partial charge in [-0.25, -0.2) is 0 Å². The van der Waals surface area contributed by atoms with E-state index in [9.17, 15) is 14.9 Å². The molecule has 1 N–H and O–H groups in total. The van der Waals surface area contributed by atoms with Crippen molar-refractivity contribution in [1.29, 1.82) is 0 Å². The van der Waals surface area contributed by atoms with Gasteiger partial charge >= 0.3 is 0 Å². The first kappa shape index (κ1) is 16.1. The van der Waals surface area contributed by atoms with E-state index in [1.807, 2.05) is 0 Å². The maximum Gasteiger partial charge on any atom is 0.271 e. The van der Waals surface area contributed by atoms with Gasteiger partial charge in [-0.1, -0.05) is 11.2 Å². The summed E-state index contributed by atoms with van der Waals surface area (Å²) in [4.78, 5) is 23.3. The molecule has 4 rings (SSSR count). The lowest BCUT2D eigenvalue weighted by molar-refractivity contribution is -0.384. The Balaban J connectivity index is 1.59. The highest BCUT2D eigenvalue weighted by Crippen LogP contribution is 2.49. The number of carbonyl (C=O) groups excluding carboxylic acids is 1. The number of nitrogens with zero attached hydrogens (tertiary/aromatic N) is 2. The summed E-state index contributed by atoms with van der Waals surface area (Å²) < 4.78 is 10.6. The van der Waals surface area contributed by atoms with Crippen molar-refractivity contribution in [3.63, 3.8) is 0 Å². The Morgan fingerprint density at radius 3 is 2.73 bits per heavy atom. The molecule has 8 heteroatoms. The lowest BCUT2D eigenvalue weighted by Crippen LogP contribution is -2.28. The Morgan fingerprint density at radius 1 is 1.27 bits per heavy atom. The van der Waals surface area contributed by atoms with Crippen LogP contribution in [0.5, 0.6) is 0 Å². The van der Waals surface area contributed by atoms with Crippen molar-refractivity contribution >= 4 is 17.3 Å². The van der Waals surface area contributed by atoms with Crippen molar-refractivity contribution < 1.29 is 18.7 Å². The van der Waals surface area contributed by atoms with Gasteiger partial charge in [0.05, 0.1) is 28.0 Å². The molecule has 0 atom stereocenters. The van der Waals surface area contributed by atoms with Crippen LogP contribution in [-0.2, 0) is 10.2 Å². The van der Waals surface area contributed by atoms with Crippen LogP contribution in [0.15, 0.2) is 51.6 Å². The number of nitro benzene ring substituents is 1. The van der Waals surface area contributed by atoms with E-state index in [0.717, 1.165) is 5.56 Å². The van der Waals surface area contributed by atoms with Crippen molar-refractivity contribution in [2.75, 3.05) is 5.32 Å². The molecule has 1 amide bonds. The monoisotopic (exact) mass is 353 g/mol. The molecule has 1 saturated carbocycles. The van der Waals surface area contributed by atoms with E-state index in [1.54, 1.807) is 31.2 Å². The summed E-state index contributed by atoms with van der Waals surface area (Å²) in [7, 11) is 0. The van der Waals surface area contributed by atoms with Gasteiger partial charge in [-0.15, -0.1) is 0 Å². The van der Waals surface area contributed by atoms with Crippen LogP contribution in [0.2, 0.25) is 0 Å². The smallest absolute Gasteiger partial charge is 0.271 e. The molecule has 0 saturated heterocycles. The highest BCUT2D eigenvalue weighted by Gasteiger charge is 2.54. The van der Waals surface area contributed by atoms with Gasteiger partial charge in [-0.3, -0.25) is 14.9 Å². The zero-order chi connectivity index (χ0) is 18.3. The molecule has 0 bridgehead atoms. The summed E-state index contributed by atoms with van der Waals surface area (Å²) in [6, 6.07) is 9.56. The highest BCUT2D eigenvalue weighted by atomic mass is 16.6. The lowest BCUT2D eigenvalue weighted by atomic mass is 10.0. The zero-order valence-electron chi connectivity index (χ0n) is 13.9. The average molecular weight is 353 g/mol. The van der Waals surface area contributed by atoms with E-state index in [0.29, 0.717) is 35.7 Å². The molecular weight excluding hydrogens is 338 g/mol. The van der Waals surface area contributed by atoms with Gasteiger partial charge in [0.2, 0.25) is 11.7 Å². The van der Waals surface area contributed by atoms with E-state index in [4.69, 9.17) is 8.94 Å². The van der Waals surface area contributed by atoms with Crippen LogP contribution in [0, 0.1) is 17.0 Å². The van der Waals surface area contributed by atoms with E-state index >= 15 is 0 Å². The summed E-state index contributed by atoms with van der Waals surface area (Å²) in [5, 5.41) is 17.8. The van der Waals surface area contributed by atoms with Crippen molar-refractivity contribution in [2.24, 2.45) is 0 Å². The molecule has 26 heavy (non-hydrogen) atoms. The Labute approximate surface area is 147 Å². The Kier molecular flexibility index (Phi) is 3.61. The Morgan fingerprint density at radius 2 is 2.08 bits per heavy atom. The van der Waals surface area contributed by atoms with E-state index in [1.165, 1.54) is 18.4 Å². The second-order valence-electron chi connectivity index (χ2n) is 6.35. The van der Waals surface area contributed by atoms with Gasteiger partial charge in [0, 0.05) is 18.2 Å². The molecule has 1 aromatic carbocycles. The predicted molar refractivity (Wildman–Crippen MR) is 91.6 cm³/mol. The number of rotatable bonds is 5. The lowest BCUT2D eigenvalue weighted by Gasteiger charge is -2.14. The van der Waals surface area contributed by atoms with Gasteiger partial charge < -0.3 is 14.3 Å². The molecule has 1 aliphatic rings. The molecule has 1 aliphatic carbocycles. The minimum Gasteiger partial charge on any atom is -0.461 e. The van der Waals surface area contributed by atoms with Gasteiger partial charge in [0.1, 0.15) is 0 Å². The molecule has 0 aliphatic heterocycles. The average Bonchev–Trinajstić information content (AvgIpc) is 3.04. The van der Waals surface area contributed by atoms with Crippen LogP contribution in [0.1, 0.15) is 24.1 Å². The maximum absolute atomic E-state index is 12.8. The number of non-ortho nitro benzene ring substituents is 1. The van der Waals surface area contributed by atoms with Gasteiger partial charge in [-0.2, -0.15) is 0 Å². The molecule has 0 spiro atoms. The van der Waals surface area contributed by atoms with Crippen LogP contribution in [0.4, 0.5) is 11.4 Å². The van der Waals surface area contributed by atoms with Crippen LogP contribution in [-0.4, -0.2) is 16.0 Å². The van der Waals surface area contributed by atoms with Gasteiger partial charge in [0.25, 0.3) is 5.69 Å². The number of amides is 1. The summed E-state index contributed by atoms with van der Waals surface area (Å²) in [6.07, 6.45) is 2.80. The Bertz CT molecular complexity index is 986. The third-order valence-corrected chi connectivity index (χ3v) is 4.63. The highest BCUT2D eigenvalue weighted by molar-refractivity contribution is 6.01. The molecular formula is C18H15N3O5. The predicted octanol–water partition coefficient (Wildman–Crippen LogP) is 3.82. The first-order chi connectivity index (χ1) is 12.5. The van der Waals surface area contributed by atoms with Crippen LogP contribution in [0.3, 0.4) is 0 Å². The van der Waals surface area contributed by atoms with Crippen molar-refractivity contribution in [1.82, 2.24) is 5.16 Å². The number of aromatic nitrogens is 1. The third-order valence-electron chi connectivity index (χ3n) is 4.63. The fourth-order valence-electron chi connectivity index (χ4n) is 2.86. The standard InChI is InChI=1S/C18H15N3O5/c1-11-4-5-12(21(23)24)9-13(11)19-17(22)18(6-7-18)16-10-15(26-20-16)14-3-2-8-25-14/h2-5,8-10H,6-7H2,1H3,(H,19,22). The Hall–Kier alpha value is -3.42. The fourth-order valence-corrected chi connectivity index (χ4v) is 2.86. The number of nitrogens with one attached hydrogen (secondary N) is 1. The molecule has 2 heterocycles. The minimum atomic E-state index is -0.772. The van der Waals surface area contributed by atoms with Crippen molar-refractivity contribution in [2.45, 2.75) is 25.2 Å². The summed E-state index contributed by atoms with van der Waals surface area (Å²) in [6.45, 7) is 1.78. The zero-order valence-corrected chi connectivity index (χ0v) is 13.9. The quantitative estimate of drug-likeness (QED) is 0.551. The van der Waals surface area contributed by atoms with Crippen molar-refractivity contribution in [3.05, 3.63) is 64.0 Å². The van der Waals surface area contributed by atoms with E-state index in [-0.39, 0.29) is 11.6 Å². The number of hydrogen-bond donors (Lipinski definition) is 1. The summed E-state index contributed by atoms with van der Waals surface area (Å²) in [5.74, 6) is 0.741. The van der Waals surface area contributed by atoms with E-state index < -0.39 is 10.3 Å². The second-order valence-corrected chi connectivity index (χ2v) is 6.35. The first-order valence-corrected chi connectivity index (χ1v) is 8.07. The van der Waals surface area contributed by atoms with Crippen LogP contribution >= 0.6 is 0 Å². The molecule has 8 nitrogen and oxygen atoms in total. The number of carbonyl (C=O) groups is 1. The van der Waals surface area contributed by atoms with Gasteiger partial charge in [0.15, 0.2) is 5.76 Å². The summed E-state index contributed by atoms with van der Waals surface area (Å²) >= 11 is 0. The molecule has 2 aromatic heterocycles. The third kappa shape index (κ3) is 2.65. The van der Waals surface area contributed by atoms with Gasteiger partial charge in [-0.05, 0) is 37.5 Å². The van der Waals surface area contributed by atoms with Crippen molar-refractivity contribution in [3.8, 4) is 11.5 Å². The molecule has 1 fully saturated rings. The van der Waals surface area contributed by atoms with Crippen LogP contribution < -0.4 is 5.32 Å². The normalized spacial score (nSPS) is 14.8. The number of nitro groups is 1. The maximum atomic E-state index is 12.8. The van der Waals surface area contributed by atoms with E-state index in [2.05, 4.69) is 10.5 Å². The first-order valence-electron chi connectivity index (χ1n) is 8.07. The number of hydrogen-bond acceptors (Lipinski definition) is 6. The number of aryl methyl sites for hydroxylation is 1. The molecule has 3 aromatic rings. The fraction of sp³-hybridized carbons (Fsp3) is 0.222. The SMILES string of the molecule is Cc1ccc([N+](=O)[O-])cc1NC(=O)C1(c2cc(-c3ccco3)on2)CC1.